The molecular weight excluding hydrogens is 276 g/mol. The highest BCUT2D eigenvalue weighted by molar-refractivity contribution is 6.02. The van der Waals surface area contributed by atoms with E-state index in [2.05, 4.69) is 4.98 Å². The number of benzene rings is 3. The number of H-pyrrole nitrogens is 1. The van der Waals surface area contributed by atoms with Crippen molar-refractivity contribution in [1.29, 1.82) is 0 Å². The van der Waals surface area contributed by atoms with E-state index in [-0.39, 0.29) is 10.6 Å². The summed E-state index contributed by atoms with van der Waals surface area (Å²) in [6.07, 6.45) is 1.87. The van der Waals surface area contributed by atoms with Crippen LogP contribution < -0.4 is 0 Å². The summed E-state index contributed by atoms with van der Waals surface area (Å²) in [6.45, 7) is 0. The molecule has 1 aromatic heterocycles. The Kier molecular flexibility index (Phi) is 2.69. The summed E-state index contributed by atoms with van der Waals surface area (Å²) >= 11 is 0. The molecule has 4 heteroatoms. The van der Waals surface area contributed by atoms with Crippen molar-refractivity contribution in [3.63, 3.8) is 0 Å². The van der Waals surface area contributed by atoms with Gasteiger partial charge in [-0.25, -0.2) is 0 Å². The lowest BCUT2D eigenvalue weighted by Crippen LogP contribution is -1.93. The van der Waals surface area contributed by atoms with E-state index in [9.17, 15) is 10.1 Å². The molecule has 0 atom stereocenters. The Hall–Kier alpha value is -3.14. The van der Waals surface area contributed by atoms with Gasteiger partial charge in [-0.2, -0.15) is 0 Å². The molecule has 4 rings (SSSR count). The van der Waals surface area contributed by atoms with E-state index >= 15 is 0 Å². The van der Waals surface area contributed by atoms with Crippen molar-refractivity contribution in [2.24, 2.45) is 0 Å². The lowest BCUT2D eigenvalue weighted by Gasteiger charge is -2.08. The van der Waals surface area contributed by atoms with Crippen LogP contribution in [-0.4, -0.2) is 9.91 Å². The summed E-state index contributed by atoms with van der Waals surface area (Å²) in [5.74, 6) is 0. The molecule has 4 nitrogen and oxygen atoms in total. The van der Waals surface area contributed by atoms with Gasteiger partial charge >= 0.3 is 0 Å². The Bertz CT molecular complexity index is 1020. The van der Waals surface area contributed by atoms with E-state index in [1.165, 1.54) is 0 Å². The van der Waals surface area contributed by atoms with Crippen molar-refractivity contribution in [3.05, 3.63) is 77.0 Å². The minimum Gasteiger partial charge on any atom is -0.361 e. The monoisotopic (exact) mass is 288 g/mol. The van der Waals surface area contributed by atoms with Crippen LogP contribution in [0.15, 0.2) is 66.9 Å². The first kappa shape index (κ1) is 12.6. The summed E-state index contributed by atoms with van der Waals surface area (Å²) in [7, 11) is 0. The van der Waals surface area contributed by atoms with E-state index < -0.39 is 0 Å². The zero-order valence-electron chi connectivity index (χ0n) is 11.6. The van der Waals surface area contributed by atoms with Gasteiger partial charge in [-0.05, 0) is 39.9 Å². The van der Waals surface area contributed by atoms with Crippen molar-refractivity contribution in [2.45, 2.75) is 0 Å². The molecule has 0 aliphatic heterocycles. The SMILES string of the molecule is O=[N+]([O-])c1ccc2ccccc2c1-c1ccc2cc[nH]c2c1. The number of nitro groups is 1. The first-order valence-electron chi connectivity index (χ1n) is 6.98. The fourth-order valence-electron chi connectivity index (χ4n) is 2.92. The summed E-state index contributed by atoms with van der Waals surface area (Å²) in [5.41, 5.74) is 2.61. The number of aromatic amines is 1. The van der Waals surface area contributed by atoms with Gasteiger partial charge in [-0.1, -0.05) is 36.4 Å². The predicted molar refractivity (Wildman–Crippen MR) is 87.9 cm³/mol. The molecule has 3 aromatic carbocycles. The number of fused-ring (bicyclic) bond motifs is 2. The second kappa shape index (κ2) is 4.70. The normalized spacial score (nSPS) is 11.1. The van der Waals surface area contributed by atoms with Gasteiger partial charge in [0.15, 0.2) is 0 Å². The Morgan fingerprint density at radius 3 is 2.59 bits per heavy atom. The van der Waals surface area contributed by atoms with Crippen LogP contribution in [0.1, 0.15) is 0 Å². The standard InChI is InChI=1S/C18H12N2O2/c21-20(22)17-8-7-12-3-1-2-4-15(12)18(17)14-6-5-13-9-10-19-16(13)11-14/h1-11,19H. The number of nitro benzene ring substituents is 1. The van der Waals surface area contributed by atoms with Gasteiger partial charge in [0, 0.05) is 17.8 Å². The Morgan fingerprint density at radius 1 is 0.909 bits per heavy atom. The Balaban J connectivity index is 2.10. The minimum atomic E-state index is -0.319. The van der Waals surface area contributed by atoms with Crippen LogP contribution in [0.25, 0.3) is 32.8 Å². The number of aromatic nitrogens is 1. The largest absolute Gasteiger partial charge is 0.361 e. The third-order valence-corrected chi connectivity index (χ3v) is 3.95. The van der Waals surface area contributed by atoms with E-state index in [1.807, 2.05) is 54.7 Å². The van der Waals surface area contributed by atoms with Gasteiger partial charge in [-0.15, -0.1) is 0 Å². The third-order valence-electron chi connectivity index (χ3n) is 3.95. The van der Waals surface area contributed by atoms with Crippen LogP contribution in [0, 0.1) is 10.1 Å². The zero-order valence-corrected chi connectivity index (χ0v) is 11.6. The average Bonchev–Trinajstić information content (AvgIpc) is 3.01. The number of hydrogen-bond donors (Lipinski definition) is 1. The van der Waals surface area contributed by atoms with Crippen LogP contribution in [0.3, 0.4) is 0 Å². The lowest BCUT2D eigenvalue weighted by atomic mass is 9.96. The second-order valence-electron chi connectivity index (χ2n) is 5.22. The summed E-state index contributed by atoms with van der Waals surface area (Å²) in [5, 5.41) is 14.4. The van der Waals surface area contributed by atoms with Gasteiger partial charge in [0.05, 0.1) is 10.5 Å². The van der Waals surface area contributed by atoms with Crippen molar-refractivity contribution in [1.82, 2.24) is 4.98 Å². The van der Waals surface area contributed by atoms with Crippen molar-refractivity contribution in [3.8, 4) is 11.1 Å². The molecule has 22 heavy (non-hydrogen) atoms. The van der Waals surface area contributed by atoms with Gasteiger partial charge in [0.1, 0.15) is 0 Å². The molecule has 1 heterocycles. The topological polar surface area (TPSA) is 58.9 Å². The highest BCUT2D eigenvalue weighted by Gasteiger charge is 2.18. The minimum absolute atomic E-state index is 0.129. The number of rotatable bonds is 2. The zero-order chi connectivity index (χ0) is 15.1. The van der Waals surface area contributed by atoms with E-state index in [1.54, 1.807) is 12.1 Å². The third kappa shape index (κ3) is 1.85. The van der Waals surface area contributed by atoms with Crippen LogP contribution >= 0.6 is 0 Å². The Morgan fingerprint density at radius 2 is 1.73 bits per heavy atom. The molecule has 106 valence electrons. The molecule has 0 saturated heterocycles. The van der Waals surface area contributed by atoms with E-state index in [0.29, 0.717) is 5.56 Å². The van der Waals surface area contributed by atoms with Crippen LogP contribution in [0.2, 0.25) is 0 Å². The molecule has 0 amide bonds. The molecule has 0 unspecified atom stereocenters. The second-order valence-corrected chi connectivity index (χ2v) is 5.22. The molecule has 1 N–H and O–H groups in total. The number of hydrogen-bond acceptors (Lipinski definition) is 2. The van der Waals surface area contributed by atoms with Crippen molar-refractivity contribution < 1.29 is 4.92 Å². The van der Waals surface area contributed by atoms with Gasteiger partial charge in [0.25, 0.3) is 5.69 Å². The van der Waals surface area contributed by atoms with Crippen LogP contribution in [0.5, 0.6) is 0 Å². The summed E-state index contributed by atoms with van der Waals surface area (Å²) < 4.78 is 0. The maximum atomic E-state index is 11.5. The maximum Gasteiger partial charge on any atom is 0.277 e. The molecule has 0 saturated carbocycles. The summed E-state index contributed by atoms with van der Waals surface area (Å²) in [6, 6.07) is 19.0. The number of nitrogens with zero attached hydrogens (tertiary/aromatic N) is 1. The van der Waals surface area contributed by atoms with Gasteiger partial charge in [0.2, 0.25) is 0 Å². The van der Waals surface area contributed by atoms with Gasteiger partial charge < -0.3 is 4.98 Å². The van der Waals surface area contributed by atoms with Crippen LogP contribution in [0.4, 0.5) is 5.69 Å². The molecule has 0 aliphatic carbocycles. The van der Waals surface area contributed by atoms with E-state index in [4.69, 9.17) is 0 Å². The molecule has 0 aliphatic rings. The lowest BCUT2D eigenvalue weighted by molar-refractivity contribution is -0.384. The molecule has 0 spiro atoms. The fourth-order valence-corrected chi connectivity index (χ4v) is 2.92. The molecular formula is C18H12N2O2. The van der Waals surface area contributed by atoms with Crippen molar-refractivity contribution >= 4 is 27.4 Å². The first-order chi connectivity index (χ1) is 10.7. The predicted octanol–water partition coefficient (Wildman–Crippen LogP) is 4.90. The van der Waals surface area contributed by atoms with Gasteiger partial charge in [-0.3, -0.25) is 10.1 Å². The fraction of sp³-hybridized carbons (Fsp3) is 0. The first-order valence-corrected chi connectivity index (χ1v) is 6.98. The molecule has 0 bridgehead atoms. The molecule has 4 aromatic rings. The van der Waals surface area contributed by atoms with Crippen molar-refractivity contribution in [2.75, 3.05) is 0 Å². The highest BCUT2D eigenvalue weighted by atomic mass is 16.6. The Labute approximate surface area is 126 Å². The van der Waals surface area contributed by atoms with E-state index in [0.717, 1.165) is 27.2 Å². The van der Waals surface area contributed by atoms with Crippen LogP contribution in [-0.2, 0) is 0 Å². The molecule has 0 radical (unpaired) electrons. The maximum absolute atomic E-state index is 11.5. The summed E-state index contributed by atoms with van der Waals surface area (Å²) in [4.78, 5) is 14.3. The molecule has 0 fully saturated rings. The highest BCUT2D eigenvalue weighted by Crippen LogP contribution is 2.37. The average molecular weight is 288 g/mol. The smallest absolute Gasteiger partial charge is 0.277 e. The number of nitrogens with one attached hydrogen (secondary N) is 1. The quantitative estimate of drug-likeness (QED) is 0.421.